The van der Waals surface area contributed by atoms with E-state index in [1.165, 1.54) is 0 Å². The SMILES string of the molecule is CCC(C)SCC(=O)c1cccc(OC)c1. The van der Waals surface area contributed by atoms with E-state index in [0.29, 0.717) is 11.0 Å². The monoisotopic (exact) mass is 238 g/mol. The Morgan fingerprint density at radius 2 is 2.25 bits per heavy atom. The van der Waals surface area contributed by atoms with Crippen LogP contribution in [-0.2, 0) is 0 Å². The van der Waals surface area contributed by atoms with Crippen molar-refractivity contribution in [3.05, 3.63) is 29.8 Å². The molecule has 0 saturated carbocycles. The van der Waals surface area contributed by atoms with E-state index in [4.69, 9.17) is 4.74 Å². The number of methoxy groups -OCH3 is 1. The Morgan fingerprint density at radius 1 is 1.50 bits per heavy atom. The lowest BCUT2D eigenvalue weighted by Gasteiger charge is -2.07. The molecule has 0 aliphatic heterocycles. The van der Waals surface area contributed by atoms with Crippen molar-refractivity contribution in [2.75, 3.05) is 12.9 Å². The van der Waals surface area contributed by atoms with Crippen LogP contribution in [0.3, 0.4) is 0 Å². The summed E-state index contributed by atoms with van der Waals surface area (Å²) in [7, 11) is 1.61. The fourth-order valence-electron chi connectivity index (χ4n) is 1.22. The summed E-state index contributed by atoms with van der Waals surface area (Å²) in [6.07, 6.45) is 1.09. The molecule has 0 bridgehead atoms. The van der Waals surface area contributed by atoms with E-state index in [2.05, 4.69) is 13.8 Å². The number of ketones is 1. The summed E-state index contributed by atoms with van der Waals surface area (Å²) >= 11 is 1.70. The predicted octanol–water partition coefficient (Wildman–Crippen LogP) is 3.41. The van der Waals surface area contributed by atoms with Crippen LogP contribution in [0.1, 0.15) is 30.6 Å². The van der Waals surface area contributed by atoms with Gasteiger partial charge in [-0.2, -0.15) is 11.8 Å². The molecule has 1 rings (SSSR count). The highest BCUT2D eigenvalue weighted by atomic mass is 32.2. The normalized spacial score (nSPS) is 12.2. The van der Waals surface area contributed by atoms with Crippen molar-refractivity contribution in [2.24, 2.45) is 0 Å². The van der Waals surface area contributed by atoms with Gasteiger partial charge in [-0.15, -0.1) is 0 Å². The number of ether oxygens (including phenoxy) is 1. The largest absolute Gasteiger partial charge is 0.497 e. The second kappa shape index (κ2) is 6.59. The van der Waals surface area contributed by atoms with Gasteiger partial charge in [-0.25, -0.2) is 0 Å². The quantitative estimate of drug-likeness (QED) is 0.710. The number of thioether (sulfide) groups is 1. The van der Waals surface area contributed by atoms with Crippen LogP contribution < -0.4 is 4.74 Å². The maximum absolute atomic E-state index is 11.9. The fourth-order valence-corrected chi connectivity index (χ4v) is 2.05. The van der Waals surface area contributed by atoms with Crippen LogP contribution in [0.5, 0.6) is 5.75 Å². The first-order valence-corrected chi connectivity index (χ1v) is 6.51. The van der Waals surface area contributed by atoms with Crippen molar-refractivity contribution in [2.45, 2.75) is 25.5 Å². The molecule has 0 spiro atoms. The van der Waals surface area contributed by atoms with Gasteiger partial charge < -0.3 is 4.74 Å². The Hall–Kier alpha value is -0.960. The molecule has 1 aromatic rings. The predicted molar refractivity (Wildman–Crippen MR) is 69.5 cm³/mol. The number of rotatable bonds is 6. The second-order valence-corrected chi connectivity index (χ2v) is 5.11. The molecule has 16 heavy (non-hydrogen) atoms. The molecule has 1 unspecified atom stereocenters. The molecule has 0 saturated heterocycles. The van der Waals surface area contributed by atoms with Crippen molar-refractivity contribution in [1.82, 2.24) is 0 Å². The van der Waals surface area contributed by atoms with Gasteiger partial charge in [-0.3, -0.25) is 4.79 Å². The van der Waals surface area contributed by atoms with Gasteiger partial charge in [0.25, 0.3) is 0 Å². The fraction of sp³-hybridized carbons (Fsp3) is 0.462. The van der Waals surface area contributed by atoms with E-state index in [0.717, 1.165) is 17.7 Å². The van der Waals surface area contributed by atoms with Gasteiger partial charge in [0, 0.05) is 10.8 Å². The second-order valence-electron chi connectivity index (χ2n) is 3.69. The lowest BCUT2D eigenvalue weighted by Crippen LogP contribution is -2.06. The third-order valence-corrected chi connectivity index (χ3v) is 3.80. The lowest BCUT2D eigenvalue weighted by atomic mass is 10.1. The van der Waals surface area contributed by atoms with Gasteiger partial charge in [0.1, 0.15) is 5.75 Å². The van der Waals surface area contributed by atoms with Crippen molar-refractivity contribution >= 4 is 17.5 Å². The highest BCUT2D eigenvalue weighted by Crippen LogP contribution is 2.18. The zero-order valence-electron chi connectivity index (χ0n) is 10.0. The molecule has 0 radical (unpaired) electrons. The van der Waals surface area contributed by atoms with Gasteiger partial charge in [0.05, 0.1) is 12.9 Å². The molecule has 0 amide bonds. The Labute approximate surface area is 101 Å². The Kier molecular flexibility index (Phi) is 5.39. The number of benzene rings is 1. The van der Waals surface area contributed by atoms with E-state index >= 15 is 0 Å². The topological polar surface area (TPSA) is 26.3 Å². The van der Waals surface area contributed by atoms with E-state index in [9.17, 15) is 4.79 Å². The zero-order valence-corrected chi connectivity index (χ0v) is 10.8. The van der Waals surface area contributed by atoms with E-state index in [-0.39, 0.29) is 5.78 Å². The lowest BCUT2D eigenvalue weighted by molar-refractivity contribution is 0.102. The molecule has 2 nitrogen and oxygen atoms in total. The summed E-state index contributed by atoms with van der Waals surface area (Å²) in [5.41, 5.74) is 0.732. The summed E-state index contributed by atoms with van der Waals surface area (Å²) < 4.78 is 5.09. The van der Waals surface area contributed by atoms with Crippen molar-refractivity contribution in [3.63, 3.8) is 0 Å². The van der Waals surface area contributed by atoms with Gasteiger partial charge in [0.15, 0.2) is 5.78 Å². The van der Waals surface area contributed by atoms with Crippen LogP contribution in [0.4, 0.5) is 0 Å². The van der Waals surface area contributed by atoms with Crippen molar-refractivity contribution in [3.8, 4) is 5.75 Å². The molecule has 0 heterocycles. The summed E-state index contributed by atoms with van der Waals surface area (Å²) in [5.74, 6) is 1.45. The summed E-state index contributed by atoms with van der Waals surface area (Å²) in [6.45, 7) is 4.28. The third-order valence-electron chi connectivity index (χ3n) is 2.47. The standard InChI is InChI=1S/C13H18O2S/c1-4-10(2)16-9-13(14)11-6-5-7-12(8-11)15-3/h5-8,10H,4,9H2,1-3H3. The summed E-state index contributed by atoms with van der Waals surface area (Å²) in [5, 5.41) is 0.537. The van der Waals surface area contributed by atoms with Gasteiger partial charge in [-0.1, -0.05) is 26.0 Å². The first-order valence-electron chi connectivity index (χ1n) is 5.46. The number of carbonyl (C=O) groups is 1. The number of carbonyl (C=O) groups excluding carboxylic acids is 1. The van der Waals surface area contributed by atoms with Gasteiger partial charge >= 0.3 is 0 Å². The number of hydrogen-bond acceptors (Lipinski definition) is 3. The third kappa shape index (κ3) is 3.89. The van der Waals surface area contributed by atoms with E-state index in [1.807, 2.05) is 18.2 Å². The maximum Gasteiger partial charge on any atom is 0.172 e. The minimum Gasteiger partial charge on any atom is -0.497 e. The first kappa shape index (κ1) is 13.1. The molecule has 3 heteroatoms. The Balaban J connectivity index is 2.58. The molecular formula is C13H18O2S. The van der Waals surface area contributed by atoms with Crippen LogP contribution in [0.15, 0.2) is 24.3 Å². The minimum absolute atomic E-state index is 0.171. The molecule has 0 aromatic heterocycles. The van der Waals surface area contributed by atoms with Crippen LogP contribution >= 0.6 is 11.8 Å². The molecule has 0 aliphatic rings. The molecular weight excluding hydrogens is 220 g/mol. The number of hydrogen-bond donors (Lipinski definition) is 0. The molecule has 88 valence electrons. The highest BCUT2D eigenvalue weighted by molar-refractivity contribution is 8.00. The maximum atomic E-state index is 11.9. The van der Waals surface area contributed by atoms with E-state index in [1.54, 1.807) is 24.9 Å². The molecule has 0 aliphatic carbocycles. The number of Topliss-reactive ketones (excluding diaryl/α,β-unsaturated/α-hetero) is 1. The molecule has 0 fully saturated rings. The van der Waals surface area contributed by atoms with Crippen molar-refractivity contribution < 1.29 is 9.53 Å². The van der Waals surface area contributed by atoms with Crippen LogP contribution in [-0.4, -0.2) is 23.9 Å². The van der Waals surface area contributed by atoms with E-state index < -0.39 is 0 Å². The average Bonchev–Trinajstić information content (AvgIpc) is 2.35. The molecule has 1 atom stereocenters. The van der Waals surface area contributed by atoms with Gasteiger partial charge in [-0.05, 0) is 18.6 Å². The average molecular weight is 238 g/mol. The Bertz CT molecular complexity index is 350. The summed E-state index contributed by atoms with van der Waals surface area (Å²) in [6, 6.07) is 7.32. The zero-order chi connectivity index (χ0) is 12.0. The van der Waals surface area contributed by atoms with Crippen LogP contribution in [0.2, 0.25) is 0 Å². The highest BCUT2D eigenvalue weighted by Gasteiger charge is 2.09. The van der Waals surface area contributed by atoms with Crippen LogP contribution in [0.25, 0.3) is 0 Å². The van der Waals surface area contributed by atoms with Crippen molar-refractivity contribution in [1.29, 1.82) is 0 Å². The molecule has 0 N–H and O–H groups in total. The molecule has 1 aromatic carbocycles. The van der Waals surface area contributed by atoms with Gasteiger partial charge in [0.2, 0.25) is 0 Å². The summed E-state index contributed by atoms with van der Waals surface area (Å²) in [4.78, 5) is 11.9. The minimum atomic E-state index is 0.171. The first-order chi connectivity index (χ1) is 7.67. The van der Waals surface area contributed by atoms with Crippen LogP contribution in [0, 0.1) is 0 Å². The smallest absolute Gasteiger partial charge is 0.172 e. The Morgan fingerprint density at radius 3 is 2.88 bits per heavy atom.